The van der Waals surface area contributed by atoms with Crippen molar-refractivity contribution < 1.29 is 22.7 Å². The van der Waals surface area contributed by atoms with Crippen LogP contribution in [0.5, 0.6) is 5.75 Å². The predicted molar refractivity (Wildman–Crippen MR) is 101 cm³/mol. The predicted octanol–water partition coefficient (Wildman–Crippen LogP) is 1.55. The molecule has 0 radical (unpaired) electrons. The van der Waals surface area contributed by atoms with Crippen LogP contribution in [0, 0.1) is 0 Å². The van der Waals surface area contributed by atoms with Crippen molar-refractivity contribution in [1.82, 2.24) is 4.31 Å². The zero-order valence-electron chi connectivity index (χ0n) is 14.8. The molecule has 1 amide bonds. The van der Waals surface area contributed by atoms with E-state index < -0.39 is 15.9 Å². The van der Waals surface area contributed by atoms with Gasteiger partial charge in [-0.1, -0.05) is 6.07 Å². The standard InChI is InChI=1S/C18H21N3O5S/c1-25-17-6-5-14(12-16(17)19)20-18(22)13-3-2-4-15(11-13)27(23,24)21-7-9-26-10-8-21/h2-6,11-12H,7-10,19H2,1H3,(H,20,22). The highest BCUT2D eigenvalue weighted by Gasteiger charge is 2.26. The highest BCUT2D eigenvalue weighted by atomic mass is 32.2. The lowest BCUT2D eigenvalue weighted by Crippen LogP contribution is -2.40. The van der Waals surface area contributed by atoms with Gasteiger partial charge in [-0.2, -0.15) is 4.31 Å². The molecule has 0 unspecified atom stereocenters. The lowest BCUT2D eigenvalue weighted by Gasteiger charge is -2.26. The Morgan fingerprint density at radius 3 is 2.59 bits per heavy atom. The Hall–Kier alpha value is -2.62. The average molecular weight is 391 g/mol. The lowest BCUT2D eigenvalue weighted by molar-refractivity contribution is 0.0730. The van der Waals surface area contributed by atoms with Gasteiger partial charge in [0, 0.05) is 24.3 Å². The lowest BCUT2D eigenvalue weighted by atomic mass is 10.2. The van der Waals surface area contributed by atoms with Gasteiger partial charge in [-0.25, -0.2) is 8.42 Å². The van der Waals surface area contributed by atoms with Crippen molar-refractivity contribution in [2.75, 3.05) is 44.5 Å². The molecule has 1 heterocycles. The molecule has 3 N–H and O–H groups in total. The molecule has 1 aliphatic heterocycles. The molecule has 9 heteroatoms. The quantitative estimate of drug-likeness (QED) is 0.748. The first-order valence-corrected chi connectivity index (χ1v) is 9.78. The molecule has 144 valence electrons. The summed E-state index contributed by atoms with van der Waals surface area (Å²) in [6, 6.07) is 10.8. The Kier molecular flexibility index (Phi) is 5.64. The van der Waals surface area contributed by atoms with Crippen molar-refractivity contribution in [1.29, 1.82) is 0 Å². The van der Waals surface area contributed by atoms with Gasteiger partial charge in [-0.05, 0) is 36.4 Å². The summed E-state index contributed by atoms with van der Waals surface area (Å²) in [7, 11) is -2.17. The van der Waals surface area contributed by atoms with E-state index in [1.807, 2.05) is 0 Å². The number of nitrogens with zero attached hydrogens (tertiary/aromatic N) is 1. The number of amides is 1. The van der Waals surface area contributed by atoms with Crippen molar-refractivity contribution in [3.63, 3.8) is 0 Å². The van der Waals surface area contributed by atoms with Crippen LogP contribution in [0.4, 0.5) is 11.4 Å². The Morgan fingerprint density at radius 1 is 1.19 bits per heavy atom. The van der Waals surface area contributed by atoms with Crippen molar-refractivity contribution in [3.05, 3.63) is 48.0 Å². The molecule has 0 aromatic heterocycles. The van der Waals surface area contributed by atoms with E-state index in [0.29, 0.717) is 43.4 Å². The topological polar surface area (TPSA) is 111 Å². The van der Waals surface area contributed by atoms with Crippen molar-refractivity contribution in [2.45, 2.75) is 4.90 Å². The van der Waals surface area contributed by atoms with Crippen LogP contribution >= 0.6 is 0 Å². The molecule has 0 spiro atoms. The SMILES string of the molecule is COc1ccc(NC(=O)c2cccc(S(=O)(=O)N3CCOCC3)c2)cc1N. The van der Waals surface area contributed by atoms with Crippen LogP contribution in [0.3, 0.4) is 0 Å². The van der Waals surface area contributed by atoms with Gasteiger partial charge in [0.2, 0.25) is 10.0 Å². The number of carbonyl (C=O) groups excluding carboxylic acids is 1. The third kappa shape index (κ3) is 4.21. The van der Waals surface area contributed by atoms with Gasteiger partial charge in [-0.15, -0.1) is 0 Å². The molecule has 8 nitrogen and oxygen atoms in total. The summed E-state index contributed by atoms with van der Waals surface area (Å²) in [5.74, 6) is 0.0743. The number of ether oxygens (including phenoxy) is 2. The Morgan fingerprint density at radius 2 is 1.93 bits per heavy atom. The molecular weight excluding hydrogens is 370 g/mol. The number of anilines is 2. The number of nitrogens with two attached hydrogens (primary N) is 1. The van der Waals surface area contributed by atoms with Gasteiger partial charge in [0.25, 0.3) is 5.91 Å². The van der Waals surface area contributed by atoms with Crippen molar-refractivity contribution in [3.8, 4) is 5.75 Å². The fourth-order valence-electron chi connectivity index (χ4n) is 2.75. The van der Waals surface area contributed by atoms with Gasteiger partial charge in [0.1, 0.15) is 5.75 Å². The van der Waals surface area contributed by atoms with Crippen LogP contribution in [0.2, 0.25) is 0 Å². The van der Waals surface area contributed by atoms with E-state index in [9.17, 15) is 13.2 Å². The summed E-state index contributed by atoms with van der Waals surface area (Å²) in [6.07, 6.45) is 0. The molecule has 0 atom stereocenters. The van der Waals surface area contributed by atoms with E-state index in [2.05, 4.69) is 5.32 Å². The van der Waals surface area contributed by atoms with Gasteiger partial charge in [0.05, 0.1) is 30.9 Å². The maximum Gasteiger partial charge on any atom is 0.255 e. The minimum absolute atomic E-state index is 0.0753. The van der Waals surface area contributed by atoms with Gasteiger partial charge in [0.15, 0.2) is 0 Å². The molecule has 0 saturated carbocycles. The first kappa shape index (κ1) is 19.2. The van der Waals surface area contributed by atoms with Crippen molar-refractivity contribution >= 4 is 27.3 Å². The van der Waals surface area contributed by atoms with Crippen molar-refractivity contribution in [2.24, 2.45) is 0 Å². The number of hydrogen-bond acceptors (Lipinski definition) is 6. The van der Waals surface area contributed by atoms with E-state index in [-0.39, 0.29) is 10.5 Å². The summed E-state index contributed by atoms with van der Waals surface area (Å²) in [6.45, 7) is 1.31. The van der Waals surface area contributed by atoms with Crippen LogP contribution in [-0.4, -0.2) is 52.0 Å². The summed E-state index contributed by atoms with van der Waals surface area (Å²) in [4.78, 5) is 12.6. The molecule has 0 bridgehead atoms. The van der Waals surface area contributed by atoms with Gasteiger partial charge >= 0.3 is 0 Å². The Balaban J connectivity index is 1.80. The van der Waals surface area contributed by atoms with Crippen LogP contribution in [0.25, 0.3) is 0 Å². The molecule has 1 aliphatic rings. The van der Waals surface area contributed by atoms with E-state index in [4.69, 9.17) is 15.2 Å². The summed E-state index contributed by atoms with van der Waals surface area (Å²) in [5, 5.41) is 2.71. The minimum Gasteiger partial charge on any atom is -0.495 e. The van der Waals surface area contributed by atoms with Crippen LogP contribution in [0.1, 0.15) is 10.4 Å². The molecule has 2 aromatic carbocycles. The summed E-state index contributed by atoms with van der Waals surface area (Å²) in [5.41, 5.74) is 6.95. The summed E-state index contributed by atoms with van der Waals surface area (Å²) >= 11 is 0. The number of nitrogen functional groups attached to an aromatic ring is 1. The number of sulfonamides is 1. The van der Waals surface area contributed by atoms with E-state index >= 15 is 0 Å². The number of nitrogens with one attached hydrogen (secondary N) is 1. The minimum atomic E-state index is -3.67. The number of hydrogen-bond donors (Lipinski definition) is 2. The van der Waals surface area contributed by atoms with Gasteiger partial charge in [-0.3, -0.25) is 4.79 Å². The zero-order valence-corrected chi connectivity index (χ0v) is 15.7. The monoisotopic (exact) mass is 391 g/mol. The number of methoxy groups -OCH3 is 1. The normalized spacial score (nSPS) is 15.3. The number of benzene rings is 2. The van der Waals surface area contributed by atoms with Crippen LogP contribution in [0.15, 0.2) is 47.4 Å². The fraction of sp³-hybridized carbons (Fsp3) is 0.278. The fourth-order valence-corrected chi connectivity index (χ4v) is 4.20. The highest BCUT2D eigenvalue weighted by molar-refractivity contribution is 7.89. The number of morpholine rings is 1. The molecular formula is C18H21N3O5S. The Labute approximate surface area is 157 Å². The van der Waals surface area contributed by atoms with Crippen LogP contribution < -0.4 is 15.8 Å². The second-order valence-corrected chi connectivity index (χ2v) is 7.89. The molecule has 1 saturated heterocycles. The molecule has 0 aliphatic carbocycles. The molecule has 27 heavy (non-hydrogen) atoms. The van der Waals surface area contributed by atoms with E-state index in [1.54, 1.807) is 30.3 Å². The average Bonchev–Trinajstić information content (AvgIpc) is 2.69. The third-order valence-electron chi connectivity index (χ3n) is 4.19. The number of carbonyl (C=O) groups is 1. The molecule has 2 aromatic rings. The largest absolute Gasteiger partial charge is 0.495 e. The maximum atomic E-state index is 12.7. The highest BCUT2D eigenvalue weighted by Crippen LogP contribution is 2.25. The van der Waals surface area contributed by atoms with Gasteiger partial charge < -0.3 is 20.5 Å². The Bertz CT molecular complexity index is 940. The molecule has 1 fully saturated rings. The zero-order chi connectivity index (χ0) is 19.4. The summed E-state index contributed by atoms with van der Waals surface area (Å²) < 4.78 is 37.1. The number of rotatable bonds is 5. The molecule has 3 rings (SSSR count). The third-order valence-corrected chi connectivity index (χ3v) is 6.09. The maximum absolute atomic E-state index is 12.7. The second-order valence-electron chi connectivity index (χ2n) is 5.96. The van der Waals surface area contributed by atoms with E-state index in [1.165, 1.54) is 23.5 Å². The first-order valence-electron chi connectivity index (χ1n) is 8.34. The smallest absolute Gasteiger partial charge is 0.255 e. The first-order chi connectivity index (χ1) is 12.9. The second kappa shape index (κ2) is 7.95. The van der Waals surface area contributed by atoms with E-state index in [0.717, 1.165) is 0 Å². The van der Waals surface area contributed by atoms with Crippen LogP contribution in [-0.2, 0) is 14.8 Å².